The number of fused-ring (bicyclic) bond motifs is 1. The summed E-state index contributed by atoms with van der Waals surface area (Å²) in [6.07, 6.45) is 1.79. The Labute approximate surface area is 157 Å². The minimum atomic E-state index is -0.944. The summed E-state index contributed by atoms with van der Waals surface area (Å²) in [5.74, 6) is -0.807. The quantitative estimate of drug-likeness (QED) is 0.878. The Hall–Kier alpha value is -3.02. The van der Waals surface area contributed by atoms with Crippen LogP contribution in [-0.2, 0) is 4.79 Å². The third-order valence-corrected chi connectivity index (χ3v) is 5.33. The van der Waals surface area contributed by atoms with Crippen LogP contribution < -0.4 is 9.47 Å². The van der Waals surface area contributed by atoms with Gasteiger partial charge in [0.15, 0.2) is 11.5 Å². The first-order chi connectivity index (χ1) is 13.1. The normalized spacial score (nSPS) is 21.6. The molecule has 0 aromatic heterocycles. The number of methoxy groups -OCH3 is 2. The highest BCUT2D eigenvalue weighted by Gasteiger charge is 2.49. The lowest BCUT2D eigenvalue weighted by Gasteiger charge is -2.41. The number of amides is 1. The molecule has 0 bridgehead atoms. The van der Waals surface area contributed by atoms with E-state index >= 15 is 0 Å². The Morgan fingerprint density at radius 2 is 1.78 bits per heavy atom. The number of hydrogen-bond acceptors (Lipinski definition) is 4. The standard InChI is InChI=1S/C21H21NO5/c1-26-16-10-7-12(11-17(16)27-2)19-18(21(24)25)14-5-3-4-6-15(14)20(23)22(19)13-8-9-13/h3-7,10-11,13,18-19H,8-9H2,1-2H3,(H,24,25). The Bertz CT molecular complexity index is 905. The molecule has 1 fully saturated rings. The molecule has 2 unspecified atom stereocenters. The fraction of sp³-hybridized carbons (Fsp3) is 0.333. The number of nitrogens with zero attached hydrogens (tertiary/aromatic N) is 1. The summed E-state index contributed by atoms with van der Waals surface area (Å²) in [6, 6.07) is 11.8. The molecule has 0 saturated heterocycles. The predicted molar refractivity (Wildman–Crippen MR) is 98.3 cm³/mol. The molecule has 1 aliphatic carbocycles. The molecule has 27 heavy (non-hydrogen) atoms. The summed E-state index contributed by atoms with van der Waals surface area (Å²) in [5, 5.41) is 10.1. The van der Waals surface area contributed by atoms with Crippen molar-refractivity contribution in [2.24, 2.45) is 0 Å². The van der Waals surface area contributed by atoms with Crippen LogP contribution in [0, 0.1) is 0 Å². The van der Waals surface area contributed by atoms with E-state index in [1.165, 1.54) is 7.11 Å². The van der Waals surface area contributed by atoms with Crippen molar-refractivity contribution in [3.05, 3.63) is 59.2 Å². The number of rotatable bonds is 5. The number of carbonyl (C=O) groups excluding carboxylic acids is 1. The van der Waals surface area contributed by atoms with Crippen molar-refractivity contribution in [2.45, 2.75) is 30.8 Å². The van der Waals surface area contributed by atoms with E-state index in [-0.39, 0.29) is 11.9 Å². The van der Waals surface area contributed by atoms with E-state index in [1.54, 1.807) is 48.4 Å². The number of benzene rings is 2. The number of hydrogen-bond donors (Lipinski definition) is 1. The molecule has 1 amide bonds. The van der Waals surface area contributed by atoms with Crippen LogP contribution in [0.25, 0.3) is 0 Å². The van der Waals surface area contributed by atoms with Gasteiger partial charge in [0.05, 0.1) is 20.3 Å². The van der Waals surface area contributed by atoms with Gasteiger partial charge < -0.3 is 19.5 Å². The Morgan fingerprint density at radius 3 is 2.41 bits per heavy atom. The number of carboxylic acid groups (broad SMARTS) is 1. The van der Waals surface area contributed by atoms with Crippen molar-refractivity contribution >= 4 is 11.9 Å². The fourth-order valence-corrected chi connectivity index (χ4v) is 3.96. The second kappa shape index (κ2) is 6.61. The van der Waals surface area contributed by atoms with Crippen LogP contribution in [0.2, 0.25) is 0 Å². The van der Waals surface area contributed by atoms with Crippen molar-refractivity contribution in [3.63, 3.8) is 0 Å². The topological polar surface area (TPSA) is 76.1 Å². The predicted octanol–water partition coefficient (Wildman–Crippen LogP) is 3.23. The summed E-state index contributed by atoms with van der Waals surface area (Å²) in [5.41, 5.74) is 1.77. The molecule has 4 rings (SSSR count). The second-order valence-electron chi connectivity index (χ2n) is 6.91. The van der Waals surface area contributed by atoms with Gasteiger partial charge in [-0.15, -0.1) is 0 Å². The van der Waals surface area contributed by atoms with Gasteiger partial charge in [-0.1, -0.05) is 24.3 Å². The molecule has 6 nitrogen and oxygen atoms in total. The van der Waals surface area contributed by atoms with Gasteiger partial charge in [-0.05, 0) is 42.2 Å². The van der Waals surface area contributed by atoms with Gasteiger partial charge in [-0.25, -0.2) is 0 Å². The van der Waals surface area contributed by atoms with Crippen molar-refractivity contribution in [2.75, 3.05) is 14.2 Å². The Morgan fingerprint density at radius 1 is 1.07 bits per heavy atom. The van der Waals surface area contributed by atoms with Crippen molar-refractivity contribution in [1.29, 1.82) is 0 Å². The minimum absolute atomic E-state index is 0.0748. The average Bonchev–Trinajstić information content (AvgIpc) is 3.52. The van der Waals surface area contributed by atoms with Crippen LogP contribution in [-0.4, -0.2) is 42.1 Å². The highest BCUT2D eigenvalue weighted by Crippen LogP contribution is 2.48. The second-order valence-corrected chi connectivity index (χ2v) is 6.91. The van der Waals surface area contributed by atoms with Gasteiger partial charge in [0.1, 0.15) is 5.92 Å². The molecular formula is C21H21NO5. The molecule has 2 aromatic rings. The first-order valence-corrected chi connectivity index (χ1v) is 8.93. The van der Waals surface area contributed by atoms with Gasteiger partial charge in [0.25, 0.3) is 5.91 Å². The third-order valence-electron chi connectivity index (χ3n) is 5.33. The van der Waals surface area contributed by atoms with Gasteiger partial charge in [-0.3, -0.25) is 9.59 Å². The highest BCUT2D eigenvalue weighted by atomic mass is 16.5. The molecule has 140 valence electrons. The maximum absolute atomic E-state index is 13.2. The van der Waals surface area contributed by atoms with E-state index in [0.717, 1.165) is 18.4 Å². The van der Waals surface area contributed by atoms with E-state index < -0.39 is 17.9 Å². The summed E-state index contributed by atoms with van der Waals surface area (Å²) < 4.78 is 10.7. The van der Waals surface area contributed by atoms with Gasteiger partial charge in [-0.2, -0.15) is 0 Å². The lowest BCUT2D eigenvalue weighted by molar-refractivity contribution is -0.140. The Kier molecular flexibility index (Phi) is 4.26. The van der Waals surface area contributed by atoms with Gasteiger partial charge in [0.2, 0.25) is 0 Å². The van der Waals surface area contributed by atoms with Gasteiger partial charge >= 0.3 is 5.97 Å². The Balaban J connectivity index is 1.90. The molecule has 2 aliphatic rings. The molecule has 0 radical (unpaired) electrons. The minimum Gasteiger partial charge on any atom is -0.493 e. The van der Waals surface area contributed by atoms with Crippen LogP contribution in [0.4, 0.5) is 0 Å². The monoisotopic (exact) mass is 367 g/mol. The number of ether oxygens (including phenoxy) is 2. The smallest absolute Gasteiger partial charge is 0.313 e. The zero-order valence-corrected chi connectivity index (χ0v) is 15.2. The molecule has 0 spiro atoms. The first kappa shape index (κ1) is 17.4. The van der Waals surface area contributed by atoms with Crippen LogP contribution in [0.15, 0.2) is 42.5 Å². The number of carbonyl (C=O) groups is 2. The van der Waals surface area contributed by atoms with E-state index in [9.17, 15) is 14.7 Å². The zero-order chi connectivity index (χ0) is 19.1. The van der Waals surface area contributed by atoms with Crippen LogP contribution >= 0.6 is 0 Å². The molecule has 1 heterocycles. The average molecular weight is 367 g/mol. The van der Waals surface area contributed by atoms with E-state index in [1.807, 2.05) is 6.07 Å². The highest BCUT2D eigenvalue weighted by molar-refractivity contribution is 6.00. The van der Waals surface area contributed by atoms with Crippen molar-refractivity contribution in [1.82, 2.24) is 4.90 Å². The summed E-state index contributed by atoms with van der Waals surface area (Å²) in [4.78, 5) is 27.2. The molecule has 2 aromatic carbocycles. The molecule has 2 atom stereocenters. The largest absolute Gasteiger partial charge is 0.493 e. The van der Waals surface area contributed by atoms with Crippen molar-refractivity contribution in [3.8, 4) is 11.5 Å². The van der Waals surface area contributed by atoms with Gasteiger partial charge in [0, 0.05) is 11.6 Å². The summed E-state index contributed by atoms with van der Waals surface area (Å²) >= 11 is 0. The molecule has 6 heteroatoms. The SMILES string of the molecule is COc1ccc(C2C(C(=O)O)c3ccccc3C(=O)N2C2CC2)cc1OC. The molecule has 1 saturated carbocycles. The molecular weight excluding hydrogens is 346 g/mol. The zero-order valence-electron chi connectivity index (χ0n) is 15.2. The van der Waals surface area contributed by atoms with Crippen molar-refractivity contribution < 1.29 is 24.2 Å². The first-order valence-electron chi connectivity index (χ1n) is 8.93. The number of carboxylic acids is 1. The fourth-order valence-electron chi connectivity index (χ4n) is 3.96. The van der Waals surface area contributed by atoms with E-state index in [2.05, 4.69) is 0 Å². The number of aliphatic carboxylic acids is 1. The molecule has 1 N–H and O–H groups in total. The van der Waals surface area contributed by atoms with E-state index in [4.69, 9.17) is 9.47 Å². The maximum atomic E-state index is 13.2. The lowest BCUT2D eigenvalue weighted by Crippen LogP contribution is -2.46. The summed E-state index contributed by atoms with van der Waals surface area (Å²) in [6.45, 7) is 0. The third kappa shape index (κ3) is 2.81. The van der Waals surface area contributed by atoms with Crippen LogP contribution in [0.1, 0.15) is 46.3 Å². The maximum Gasteiger partial charge on any atom is 0.313 e. The van der Waals surface area contributed by atoms with Crippen LogP contribution in [0.5, 0.6) is 11.5 Å². The summed E-state index contributed by atoms with van der Waals surface area (Å²) in [7, 11) is 3.09. The van der Waals surface area contributed by atoms with E-state index in [0.29, 0.717) is 22.6 Å². The lowest BCUT2D eigenvalue weighted by atomic mass is 9.79. The van der Waals surface area contributed by atoms with Crippen LogP contribution in [0.3, 0.4) is 0 Å². The molecule has 1 aliphatic heterocycles.